The van der Waals surface area contributed by atoms with Crippen LogP contribution in [-0.4, -0.2) is 0 Å². The van der Waals surface area contributed by atoms with Gasteiger partial charge in [0.05, 0.1) is 6.61 Å². The largest absolute Gasteiger partial charge is 0.300 e. The molecule has 0 aliphatic carbocycles. The third-order valence-corrected chi connectivity index (χ3v) is 2.87. The predicted octanol–water partition coefficient (Wildman–Crippen LogP) is 2.43. The fourth-order valence-electron chi connectivity index (χ4n) is 1.26. The summed E-state index contributed by atoms with van der Waals surface area (Å²) in [5.41, 5.74) is 0.932. The van der Waals surface area contributed by atoms with E-state index in [9.17, 15) is 4.39 Å². The Morgan fingerprint density at radius 2 is 2.31 bits per heavy atom. The molecule has 2 N–H and O–H groups in total. The van der Waals surface area contributed by atoms with Crippen LogP contribution in [0.15, 0.2) is 23.6 Å². The predicted molar refractivity (Wildman–Crippen MR) is 50.8 cm³/mol. The first kappa shape index (κ1) is 8.62. The van der Waals surface area contributed by atoms with Crippen molar-refractivity contribution < 1.29 is 9.23 Å². The molecule has 0 saturated heterocycles. The fraction of sp³-hybridized carbons (Fsp3) is 0.111. The van der Waals surface area contributed by atoms with Crippen LogP contribution in [-0.2, 0) is 11.4 Å². The van der Waals surface area contributed by atoms with E-state index in [0.29, 0.717) is 6.61 Å². The molecule has 0 amide bonds. The van der Waals surface area contributed by atoms with Crippen molar-refractivity contribution in [2.75, 3.05) is 0 Å². The summed E-state index contributed by atoms with van der Waals surface area (Å²) < 4.78 is 13.9. The van der Waals surface area contributed by atoms with Gasteiger partial charge in [0.1, 0.15) is 5.82 Å². The minimum Gasteiger partial charge on any atom is -0.300 e. The Hall–Kier alpha value is -0.970. The highest BCUT2D eigenvalue weighted by atomic mass is 32.1. The lowest BCUT2D eigenvalue weighted by molar-refractivity contribution is 0.125. The van der Waals surface area contributed by atoms with Crippen molar-refractivity contribution in [2.24, 2.45) is 5.90 Å². The fourth-order valence-corrected chi connectivity index (χ4v) is 2.18. The SMILES string of the molecule is NOCc1csc2ccc(F)cc12. The Balaban J connectivity index is 2.58. The average molecular weight is 197 g/mol. The van der Waals surface area contributed by atoms with Crippen LogP contribution in [0.3, 0.4) is 0 Å². The summed E-state index contributed by atoms with van der Waals surface area (Å²) in [4.78, 5) is 4.52. The van der Waals surface area contributed by atoms with Crippen molar-refractivity contribution in [1.29, 1.82) is 0 Å². The molecule has 0 bridgehead atoms. The van der Waals surface area contributed by atoms with Crippen LogP contribution in [0.1, 0.15) is 5.56 Å². The van der Waals surface area contributed by atoms with E-state index < -0.39 is 0 Å². The molecule has 0 atom stereocenters. The first-order valence-corrected chi connectivity index (χ1v) is 4.66. The van der Waals surface area contributed by atoms with E-state index >= 15 is 0 Å². The van der Waals surface area contributed by atoms with Gasteiger partial charge in [0, 0.05) is 10.1 Å². The maximum Gasteiger partial charge on any atom is 0.123 e. The molecule has 1 aromatic heterocycles. The molecule has 0 spiro atoms. The van der Waals surface area contributed by atoms with Crippen molar-refractivity contribution in [1.82, 2.24) is 0 Å². The van der Waals surface area contributed by atoms with Crippen LogP contribution < -0.4 is 5.90 Å². The van der Waals surface area contributed by atoms with Gasteiger partial charge in [-0.05, 0) is 29.1 Å². The van der Waals surface area contributed by atoms with Crippen LogP contribution in [0.5, 0.6) is 0 Å². The standard InChI is InChI=1S/C9H8FNOS/c10-7-1-2-9-8(3-7)6(4-12-11)5-13-9/h1-3,5H,4,11H2. The summed E-state index contributed by atoms with van der Waals surface area (Å²) >= 11 is 1.56. The van der Waals surface area contributed by atoms with E-state index in [0.717, 1.165) is 15.6 Å². The van der Waals surface area contributed by atoms with Gasteiger partial charge < -0.3 is 0 Å². The third kappa shape index (κ3) is 1.56. The maximum atomic E-state index is 12.9. The van der Waals surface area contributed by atoms with Gasteiger partial charge in [-0.3, -0.25) is 4.84 Å². The zero-order chi connectivity index (χ0) is 9.26. The van der Waals surface area contributed by atoms with Crippen molar-refractivity contribution in [3.63, 3.8) is 0 Å². The number of halogens is 1. The summed E-state index contributed by atoms with van der Waals surface area (Å²) in [7, 11) is 0. The zero-order valence-corrected chi connectivity index (χ0v) is 7.60. The Bertz CT molecular complexity index is 426. The van der Waals surface area contributed by atoms with Gasteiger partial charge in [0.25, 0.3) is 0 Å². The van der Waals surface area contributed by atoms with E-state index in [4.69, 9.17) is 5.90 Å². The normalized spacial score (nSPS) is 10.9. The van der Waals surface area contributed by atoms with E-state index in [-0.39, 0.29) is 5.82 Å². The quantitative estimate of drug-likeness (QED) is 0.750. The molecule has 0 aliphatic rings. The van der Waals surface area contributed by atoms with Gasteiger partial charge in [-0.1, -0.05) is 0 Å². The highest BCUT2D eigenvalue weighted by Crippen LogP contribution is 2.26. The number of nitrogens with two attached hydrogens (primary N) is 1. The third-order valence-electron chi connectivity index (χ3n) is 1.85. The van der Waals surface area contributed by atoms with Crippen molar-refractivity contribution in [2.45, 2.75) is 6.61 Å². The van der Waals surface area contributed by atoms with E-state index in [1.807, 2.05) is 5.38 Å². The highest BCUT2D eigenvalue weighted by molar-refractivity contribution is 7.17. The van der Waals surface area contributed by atoms with E-state index in [2.05, 4.69) is 4.84 Å². The molecule has 2 aromatic rings. The van der Waals surface area contributed by atoms with Crippen molar-refractivity contribution in [3.05, 3.63) is 35.0 Å². The minimum atomic E-state index is -0.232. The summed E-state index contributed by atoms with van der Waals surface area (Å²) in [5, 5.41) is 2.81. The first-order chi connectivity index (χ1) is 6.31. The number of hydrogen-bond acceptors (Lipinski definition) is 3. The lowest BCUT2D eigenvalue weighted by Gasteiger charge is -1.96. The Kier molecular flexibility index (Phi) is 2.26. The van der Waals surface area contributed by atoms with Crippen LogP contribution in [0.4, 0.5) is 4.39 Å². The Labute approximate surface area is 78.7 Å². The number of benzene rings is 1. The first-order valence-electron chi connectivity index (χ1n) is 3.78. The molecule has 13 heavy (non-hydrogen) atoms. The molecule has 0 fully saturated rings. The van der Waals surface area contributed by atoms with E-state index in [1.165, 1.54) is 12.1 Å². The molecule has 0 unspecified atom stereocenters. The average Bonchev–Trinajstić information content (AvgIpc) is 2.49. The minimum absolute atomic E-state index is 0.232. The Morgan fingerprint density at radius 3 is 3.08 bits per heavy atom. The van der Waals surface area contributed by atoms with Gasteiger partial charge in [0.2, 0.25) is 0 Å². The van der Waals surface area contributed by atoms with Crippen LogP contribution >= 0.6 is 11.3 Å². The zero-order valence-electron chi connectivity index (χ0n) is 6.79. The van der Waals surface area contributed by atoms with Crippen molar-refractivity contribution in [3.8, 4) is 0 Å². The van der Waals surface area contributed by atoms with Crippen LogP contribution in [0.25, 0.3) is 10.1 Å². The molecule has 1 aromatic carbocycles. The second-order valence-electron chi connectivity index (χ2n) is 2.71. The number of fused-ring (bicyclic) bond motifs is 1. The van der Waals surface area contributed by atoms with E-state index in [1.54, 1.807) is 17.4 Å². The molecule has 0 radical (unpaired) electrons. The Morgan fingerprint density at radius 1 is 1.46 bits per heavy atom. The molecule has 68 valence electrons. The molecule has 2 nitrogen and oxygen atoms in total. The number of thiophene rings is 1. The van der Waals surface area contributed by atoms with Gasteiger partial charge in [-0.25, -0.2) is 10.3 Å². The summed E-state index contributed by atoms with van der Waals surface area (Å²) in [5.74, 6) is 4.73. The van der Waals surface area contributed by atoms with Crippen molar-refractivity contribution >= 4 is 21.4 Å². The van der Waals surface area contributed by atoms with Crippen LogP contribution in [0, 0.1) is 5.82 Å². The lowest BCUT2D eigenvalue weighted by Crippen LogP contribution is -1.97. The van der Waals surface area contributed by atoms with Gasteiger partial charge >= 0.3 is 0 Å². The molecular weight excluding hydrogens is 189 g/mol. The molecule has 4 heteroatoms. The van der Waals surface area contributed by atoms with Crippen LogP contribution in [0.2, 0.25) is 0 Å². The molecular formula is C9H8FNOS. The molecule has 0 saturated carbocycles. The summed E-state index contributed by atoms with van der Waals surface area (Å²) in [6.07, 6.45) is 0. The number of hydrogen-bond donors (Lipinski definition) is 1. The molecule has 2 rings (SSSR count). The number of rotatable bonds is 2. The maximum absolute atomic E-state index is 12.9. The second kappa shape index (κ2) is 3.41. The van der Waals surface area contributed by atoms with Gasteiger partial charge in [-0.15, -0.1) is 11.3 Å². The lowest BCUT2D eigenvalue weighted by atomic mass is 10.2. The summed E-state index contributed by atoms with van der Waals surface area (Å²) in [6, 6.07) is 4.71. The topological polar surface area (TPSA) is 35.2 Å². The summed E-state index contributed by atoms with van der Waals surface area (Å²) in [6.45, 7) is 0.323. The monoisotopic (exact) mass is 197 g/mol. The molecule has 1 heterocycles. The smallest absolute Gasteiger partial charge is 0.123 e. The second-order valence-corrected chi connectivity index (χ2v) is 3.62. The van der Waals surface area contributed by atoms with Gasteiger partial charge in [0.15, 0.2) is 0 Å². The van der Waals surface area contributed by atoms with Gasteiger partial charge in [-0.2, -0.15) is 0 Å². The molecule has 0 aliphatic heterocycles. The highest BCUT2D eigenvalue weighted by Gasteiger charge is 2.04.